The Labute approximate surface area is 131 Å². The van der Waals surface area contributed by atoms with E-state index in [-0.39, 0.29) is 19.0 Å². The summed E-state index contributed by atoms with van der Waals surface area (Å²) in [7, 11) is -3.43. The van der Waals surface area contributed by atoms with Crippen molar-refractivity contribution < 1.29 is 13.2 Å². The molecule has 1 rings (SSSR count). The first-order valence-electron chi connectivity index (χ1n) is 6.76. The number of aryl methyl sites for hydroxylation is 1. The van der Waals surface area contributed by atoms with E-state index >= 15 is 0 Å². The van der Waals surface area contributed by atoms with Gasteiger partial charge in [0.05, 0.1) is 18.5 Å². The predicted octanol–water partition coefficient (Wildman–Crippen LogP) is 2.33. The van der Waals surface area contributed by atoms with Gasteiger partial charge in [-0.2, -0.15) is 0 Å². The summed E-state index contributed by atoms with van der Waals surface area (Å²) in [5.41, 5.74) is 1.38. The minimum Gasteiger partial charge on any atom is -0.354 e. The fraction of sp³-hybridized carbons (Fsp3) is 0.500. The number of halogens is 1. The molecule has 0 saturated heterocycles. The average molecular weight is 333 g/mol. The highest BCUT2D eigenvalue weighted by Crippen LogP contribution is 2.24. The standard InChI is InChI=1S/C14H21ClN2O3S/c1-4-5-14(18)16-8-9-17(21(3,19)20)12-7-6-11(2)13(15)10-12/h6-7,10H,4-5,8-9H2,1-3H3,(H,16,18). The maximum atomic E-state index is 11.9. The topological polar surface area (TPSA) is 66.5 Å². The molecular formula is C14H21ClN2O3S. The van der Waals surface area contributed by atoms with Gasteiger partial charge in [0.2, 0.25) is 15.9 Å². The number of nitrogens with zero attached hydrogens (tertiary/aromatic N) is 1. The van der Waals surface area contributed by atoms with E-state index in [4.69, 9.17) is 11.6 Å². The number of amides is 1. The van der Waals surface area contributed by atoms with Gasteiger partial charge in [0.15, 0.2) is 0 Å². The summed E-state index contributed by atoms with van der Waals surface area (Å²) in [5.74, 6) is -0.0760. The molecule has 0 unspecified atom stereocenters. The van der Waals surface area contributed by atoms with E-state index in [0.717, 1.165) is 18.2 Å². The van der Waals surface area contributed by atoms with Crippen LogP contribution in [0.3, 0.4) is 0 Å². The zero-order chi connectivity index (χ0) is 16.0. The molecule has 118 valence electrons. The Morgan fingerprint density at radius 2 is 2.05 bits per heavy atom. The van der Waals surface area contributed by atoms with Crippen LogP contribution >= 0.6 is 11.6 Å². The number of hydrogen-bond donors (Lipinski definition) is 1. The zero-order valence-corrected chi connectivity index (χ0v) is 14.1. The molecule has 0 spiro atoms. The van der Waals surface area contributed by atoms with Gasteiger partial charge < -0.3 is 5.32 Å². The average Bonchev–Trinajstić information content (AvgIpc) is 2.37. The molecule has 5 nitrogen and oxygen atoms in total. The zero-order valence-electron chi connectivity index (χ0n) is 12.5. The Hall–Kier alpha value is -1.27. The van der Waals surface area contributed by atoms with E-state index in [1.807, 2.05) is 13.8 Å². The van der Waals surface area contributed by atoms with E-state index in [1.165, 1.54) is 4.31 Å². The first-order chi connectivity index (χ1) is 9.75. The van der Waals surface area contributed by atoms with Gasteiger partial charge in [-0.1, -0.05) is 24.6 Å². The van der Waals surface area contributed by atoms with Crippen LogP contribution in [0.25, 0.3) is 0 Å². The normalized spacial score (nSPS) is 11.2. The number of carbonyl (C=O) groups excluding carboxylic acids is 1. The van der Waals surface area contributed by atoms with Crippen molar-refractivity contribution in [3.8, 4) is 0 Å². The molecule has 1 aromatic carbocycles. The Morgan fingerprint density at radius 1 is 1.38 bits per heavy atom. The molecule has 0 saturated carbocycles. The number of carbonyl (C=O) groups is 1. The first-order valence-corrected chi connectivity index (χ1v) is 8.99. The van der Waals surface area contributed by atoms with Crippen molar-refractivity contribution >= 4 is 33.2 Å². The molecule has 7 heteroatoms. The third-order valence-corrected chi connectivity index (χ3v) is 4.56. The second-order valence-corrected chi connectivity index (χ2v) is 7.18. The molecule has 1 amide bonds. The molecule has 0 bridgehead atoms. The van der Waals surface area contributed by atoms with Gasteiger partial charge in [-0.3, -0.25) is 9.10 Å². The Bertz CT molecular complexity index is 602. The Morgan fingerprint density at radius 3 is 2.57 bits per heavy atom. The number of nitrogens with one attached hydrogen (secondary N) is 1. The molecule has 0 aliphatic carbocycles. The van der Waals surface area contributed by atoms with E-state index in [2.05, 4.69) is 5.32 Å². The maximum Gasteiger partial charge on any atom is 0.232 e. The lowest BCUT2D eigenvalue weighted by atomic mass is 10.2. The molecule has 0 aliphatic rings. The van der Waals surface area contributed by atoms with Crippen LogP contribution in [-0.4, -0.2) is 33.7 Å². The summed E-state index contributed by atoms with van der Waals surface area (Å²) < 4.78 is 25.0. The van der Waals surface area contributed by atoms with E-state index in [1.54, 1.807) is 18.2 Å². The second-order valence-electron chi connectivity index (χ2n) is 4.87. The number of benzene rings is 1. The quantitative estimate of drug-likeness (QED) is 0.833. The van der Waals surface area contributed by atoms with Crippen LogP contribution in [0.1, 0.15) is 25.3 Å². The van der Waals surface area contributed by atoms with Gasteiger partial charge in [-0.25, -0.2) is 8.42 Å². The minimum atomic E-state index is -3.43. The van der Waals surface area contributed by atoms with Gasteiger partial charge in [-0.15, -0.1) is 0 Å². The molecule has 21 heavy (non-hydrogen) atoms. The van der Waals surface area contributed by atoms with Crippen molar-refractivity contribution in [1.82, 2.24) is 5.32 Å². The van der Waals surface area contributed by atoms with Gasteiger partial charge in [0.25, 0.3) is 0 Å². The third-order valence-electron chi connectivity index (χ3n) is 2.96. The third kappa shape index (κ3) is 5.55. The summed E-state index contributed by atoms with van der Waals surface area (Å²) in [6, 6.07) is 5.09. The van der Waals surface area contributed by atoms with Gasteiger partial charge >= 0.3 is 0 Å². The maximum absolute atomic E-state index is 11.9. The first kappa shape index (κ1) is 17.8. The van der Waals surface area contributed by atoms with Crippen molar-refractivity contribution in [3.63, 3.8) is 0 Å². The minimum absolute atomic E-state index is 0.0760. The number of rotatable bonds is 7. The van der Waals surface area contributed by atoms with E-state index < -0.39 is 10.0 Å². The van der Waals surface area contributed by atoms with Crippen LogP contribution in [0.2, 0.25) is 5.02 Å². The predicted molar refractivity (Wildman–Crippen MR) is 86.3 cm³/mol. The highest BCUT2D eigenvalue weighted by atomic mass is 35.5. The molecule has 0 fully saturated rings. The van der Waals surface area contributed by atoms with Crippen molar-refractivity contribution in [2.75, 3.05) is 23.7 Å². The summed E-state index contributed by atoms with van der Waals surface area (Å²) in [6.07, 6.45) is 2.33. The molecule has 0 atom stereocenters. The van der Waals surface area contributed by atoms with Gasteiger partial charge in [0.1, 0.15) is 0 Å². The molecule has 1 aromatic rings. The van der Waals surface area contributed by atoms with Crippen LogP contribution in [-0.2, 0) is 14.8 Å². The van der Waals surface area contributed by atoms with Crippen LogP contribution in [0.5, 0.6) is 0 Å². The molecular weight excluding hydrogens is 312 g/mol. The summed E-state index contributed by atoms with van der Waals surface area (Å²) in [4.78, 5) is 11.4. The lowest BCUT2D eigenvalue weighted by molar-refractivity contribution is -0.121. The number of sulfonamides is 1. The van der Waals surface area contributed by atoms with Crippen molar-refractivity contribution in [2.24, 2.45) is 0 Å². The molecule has 0 radical (unpaired) electrons. The van der Waals surface area contributed by atoms with Crippen LogP contribution in [0.4, 0.5) is 5.69 Å². The van der Waals surface area contributed by atoms with E-state index in [9.17, 15) is 13.2 Å². The molecule has 1 N–H and O–H groups in total. The molecule has 0 aliphatic heterocycles. The Kier molecular flexibility index (Phi) is 6.48. The summed E-state index contributed by atoms with van der Waals surface area (Å²) >= 11 is 6.04. The van der Waals surface area contributed by atoms with Crippen LogP contribution < -0.4 is 9.62 Å². The van der Waals surface area contributed by atoms with Crippen LogP contribution in [0.15, 0.2) is 18.2 Å². The largest absolute Gasteiger partial charge is 0.354 e. The molecule has 0 aromatic heterocycles. The van der Waals surface area contributed by atoms with E-state index in [0.29, 0.717) is 17.1 Å². The number of hydrogen-bond acceptors (Lipinski definition) is 3. The lowest BCUT2D eigenvalue weighted by Crippen LogP contribution is -2.38. The molecule has 0 heterocycles. The Balaban J connectivity index is 2.82. The SMILES string of the molecule is CCCC(=O)NCCN(c1ccc(C)c(Cl)c1)S(C)(=O)=O. The summed E-state index contributed by atoms with van der Waals surface area (Å²) in [5, 5.41) is 3.21. The monoisotopic (exact) mass is 332 g/mol. The second kappa shape index (κ2) is 7.66. The van der Waals surface area contributed by atoms with Crippen molar-refractivity contribution in [1.29, 1.82) is 0 Å². The van der Waals surface area contributed by atoms with Crippen molar-refractivity contribution in [2.45, 2.75) is 26.7 Å². The van der Waals surface area contributed by atoms with Gasteiger partial charge in [0, 0.05) is 18.0 Å². The van der Waals surface area contributed by atoms with Gasteiger partial charge in [-0.05, 0) is 31.0 Å². The smallest absolute Gasteiger partial charge is 0.232 e. The fourth-order valence-corrected chi connectivity index (χ4v) is 2.93. The fourth-order valence-electron chi connectivity index (χ4n) is 1.84. The highest BCUT2D eigenvalue weighted by molar-refractivity contribution is 7.92. The lowest BCUT2D eigenvalue weighted by Gasteiger charge is -2.23. The van der Waals surface area contributed by atoms with Crippen LogP contribution in [0, 0.1) is 6.92 Å². The number of anilines is 1. The van der Waals surface area contributed by atoms with Crippen molar-refractivity contribution in [3.05, 3.63) is 28.8 Å². The summed E-state index contributed by atoms with van der Waals surface area (Å²) in [6.45, 7) is 4.20. The highest BCUT2D eigenvalue weighted by Gasteiger charge is 2.18.